The minimum absolute atomic E-state index is 0.0216. The van der Waals surface area contributed by atoms with Crippen LogP contribution in [-0.2, 0) is 19.3 Å². The molecule has 11 heteroatoms. The van der Waals surface area contributed by atoms with Crippen LogP contribution in [0.25, 0.3) is 5.70 Å². The standard InChI is InChI=1S/C18H16F4N6O/c1-2-5-24-9-14(23)16-26-25-15-10-27(6-7-28(15)16)17(29)11-3-4-13(19)12(8-11)18(20,21)22/h2-5,8-9H,1,6-7,10,23H2/b14-9-,24-5?. The zero-order valence-electron chi connectivity index (χ0n) is 15.0. The fraction of sp³-hybridized carbons (Fsp3) is 0.222. The van der Waals surface area contributed by atoms with Gasteiger partial charge in [0.05, 0.1) is 24.0 Å². The van der Waals surface area contributed by atoms with E-state index in [2.05, 4.69) is 21.8 Å². The Labute approximate surface area is 162 Å². The number of amides is 1. The van der Waals surface area contributed by atoms with Crippen molar-refractivity contribution in [1.29, 1.82) is 0 Å². The van der Waals surface area contributed by atoms with Crippen molar-refractivity contribution >= 4 is 17.8 Å². The number of alkyl halides is 3. The van der Waals surface area contributed by atoms with E-state index in [0.29, 0.717) is 23.8 Å². The maximum absolute atomic E-state index is 13.5. The summed E-state index contributed by atoms with van der Waals surface area (Å²) in [7, 11) is 0. The average Bonchev–Trinajstić information content (AvgIpc) is 3.10. The second-order valence-corrected chi connectivity index (χ2v) is 6.13. The Morgan fingerprint density at radius 1 is 1.28 bits per heavy atom. The van der Waals surface area contributed by atoms with Crippen LogP contribution in [0.3, 0.4) is 0 Å². The van der Waals surface area contributed by atoms with Gasteiger partial charge in [-0.05, 0) is 18.2 Å². The molecule has 7 nitrogen and oxygen atoms in total. The Morgan fingerprint density at radius 2 is 2.03 bits per heavy atom. The summed E-state index contributed by atoms with van der Waals surface area (Å²) in [6.07, 6.45) is -0.589. The third-order valence-electron chi connectivity index (χ3n) is 4.22. The number of rotatable bonds is 4. The van der Waals surface area contributed by atoms with Crippen LogP contribution < -0.4 is 5.73 Å². The van der Waals surface area contributed by atoms with E-state index in [1.165, 1.54) is 23.4 Å². The lowest BCUT2D eigenvalue weighted by atomic mass is 10.1. The van der Waals surface area contributed by atoms with E-state index in [0.717, 1.165) is 6.07 Å². The largest absolute Gasteiger partial charge is 0.419 e. The Bertz CT molecular complexity index is 1010. The van der Waals surface area contributed by atoms with Crippen molar-refractivity contribution in [3.63, 3.8) is 0 Å². The maximum atomic E-state index is 13.5. The first-order valence-corrected chi connectivity index (χ1v) is 8.40. The Morgan fingerprint density at radius 3 is 2.72 bits per heavy atom. The molecule has 152 valence electrons. The van der Waals surface area contributed by atoms with Crippen LogP contribution in [0.4, 0.5) is 17.6 Å². The number of carbonyl (C=O) groups excluding carboxylic acids is 1. The van der Waals surface area contributed by atoms with Crippen LogP contribution in [0, 0.1) is 5.82 Å². The first kappa shape index (κ1) is 20.2. The highest BCUT2D eigenvalue weighted by atomic mass is 19.4. The molecule has 0 saturated carbocycles. The van der Waals surface area contributed by atoms with Crippen LogP contribution in [0.1, 0.15) is 27.6 Å². The van der Waals surface area contributed by atoms with Gasteiger partial charge in [-0.25, -0.2) is 4.39 Å². The maximum Gasteiger partial charge on any atom is 0.419 e. The molecule has 0 aliphatic carbocycles. The average molecular weight is 408 g/mol. The molecule has 29 heavy (non-hydrogen) atoms. The minimum Gasteiger partial charge on any atom is -0.394 e. The molecule has 2 aromatic rings. The number of aromatic nitrogens is 3. The van der Waals surface area contributed by atoms with E-state index in [-0.39, 0.29) is 30.9 Å². The summed E-state index contributed by atoms with van der Waals surface area (Å²) >= 11 is 0. The highest BCUT2D eigenvalue weighted by molar-refractivity contribution is 5.94. The van der Waals surface area contributed by atoms with Crippen molar-refractivity contribution in [2.75, 3.05) is 6.54 Å². The van der Waals surface area contributed by atoms with Crippen molar-refractivity contribution in [2.24, 2.45) is 10.7 Å². The number of carbonyl (C=O) groups is 1. The molecule has 0 unspecified atom stereocenters. The van der Waals surface area contributed by atoms with Gasteiger partial charge in [-0.15, -0.1) is 10.2 Å². The van der Waals surface area contributed by atoms with Gasteiger partial charge in [0.1, 0.15) is 5.82 Å². The summed E-state index contributed by atoms with van der Waals surface area (Å²) < 4.78 is 53.9. The van der Waals surface area contributed by atoms with Gasteiger partial charge < -0.3 is 15.2 Å². The third kappa shape index (κ3) is 4.18. The van der Waals surface area contributed by atoms with Crippen LogP contribution >= 0.6 is 0 Å². The van der Waals surface area contributed by atoms with E-state index in [1.54, 1.807) is 4.57 Å². The number of benzene rings is 1. The van der Waals surface area contributed by atoms with Crippen LogP contribution in [0.2, 0.25) is 0 Å². The normalized spacial score (nSPS) is 14.9. The number of hydrogen-bond donors (Lipinski definition) is 1. The predicted molar refractivity (Wildman–Crippen MR) is 97.0 cm³/mol. The Balaban J connectivity index is 1.82. The summed E-state index contributed by atoms with van der Waals surface area (Å²) in [5.74, 6) is -1.31. The molecule has 1 aliphatic rings. The van der Waals surface area contributed by atoms with E-state index >= 15 is 0 Å². The van der Waals surface area contributed by atoms with Crippen molar-refractivity contribution in [3.8, 4) is 0 Å². The Hall–Kier alpha value is -3.50. The molecule has 1 amide bonds. The first-order valence-electron chi connectivity index (χ1n) is 8.40. The molecule has 0 bridgehead atoms. The molecular formula is C18H16F4N6O. The monoisotopic (exact) mass is 408 g/mol. The number of allylic oxidation sites excluding steroid dienone is 1. The van der Waals surface area contributed by atoms with E-state index in [9.17, 15) is 22.4 Å². The van der Waals surface area contributed by atoms with E-state index in [4.69, 9.17) is 5.73 Å². The number of hydrogen-bond acceptors (Lipinski definition) is 5. The fourth-order valence-electron chi connectivity index (χ4n) is 2.84. The van der Waals surface area contributed by atoms with E-state index < -0.39 is 23.5 Å². The van der Waals surface area contributed by atoms with Crippen molar-refractivity contribution in [1.82, 2.24) is 19.7 Å². The second kappa shape index (κ2) is 7.86. The smallest absolute Gasteiger partial charge is 0.394 e. The second-order valence-electron chi connectivity index (χ2n) is 6.13. The molecule has 0 saturated heterocycles. The van der Waals surface area contributed by atoms with Gasteiger partial charge in [0.15, 0.2) is 11.6 Å². The van der Waals surface area contributed by atoms with Crippen molar-refractivity contribution in [2.45, 2.75) is 19.3 Å². The lowest BCUT2D eigenvalue weighted by Crippen LogP contribution is -2.39. The highest BCUT2D eigenvalue weighted by Gasteiger charge is 2.35. The third-order valence-corrected chi connectivity index (χ3v) is 4.22. The molecule has 0 atom stereocenters. The summed E-state index contributed by atoms with van der Waals surface area (Å²) in [5, 5.41) is 7.97. The summed E-state index contributed by atoms with van der Waals surface area (Å²) in [4.78, 5) is 17.9. The van der Waals surface area contributed by atoms with Gasteiger partial charge >= 0.3 is 6.18 Å². The summed E-state index contributed by atoms with van der Waals surface area (Å²) in [6, 6.07) is 2.17. The molecule has 1 aromatic heterocycles. The van der Waals surface area contributed by atoms with Crippen LogP contribution in [-0.4, -0.2) is 38.3 Å². The van der Waals surface area contributed by atoms with Gasteiger partial charge in [0.2, 0.25) is 0 Å². The summed E-state index contributed by atoms with van der Waals surface area (Å²) in [6.45, 7) is 3.99. The number of aliphatic imine (C=N–C) groups is 1. The number of halogens is 4. The molecule has 2 N–H and O–H groups in total. The van der Waals surface area contributed by atoms with Crippen LogP contribution in [0.15, 0.2) is 42.0 Å². The zero-order chi connectivity index (χ0) is 21.2. The number of nitrogens with zero attached hydrogens (tertiary/aromatic N) is 5. The molecule has 0 spiro atoms. The van der Waals surface area contributed by atoms with Gasteiger partial charge in [-0.2, -0.15) is 13.2 Å². The number of nitrogens with two attached hydrogens (primary N) is 1. The van der Waals surface area contributed by atoms with Gasteiger partial charge in [-0.1, -0.05) is 12.7 Å². The molecule has 0 fully saturated rings. The van der Waals surface area contributed by atoms with Crippen molar-refractivity contribution < 1.29 is 22.4 Å². The van der Waals surface area contributed by atoms with Crippen LogP contribution in [0.5, 0.6) is 0 Å². The summed E-state index contributed by atoms with van der Waals surface area (Å²) in [5.41, 5.74) is 4.45. The lowest BCUT2D eigenvalue weighted by molar-refractivity contribution is -0.140. The molecule has 3 rings (SSSR count). The highest BCUT2D eigenvalue weighted by Crippen LogP contribution is 2.32. The number of fused-ring (bicyclic) bond motifs is 1. The van der Waals surface area contributed by atoms with Crippen molar-refractivity contribution in [3.05, 3.63) is 65.6 Å². The molecule has 0 radical (unpaired) electrons. The zero-order valence-corrected chi connectivity index (χ0v) is 15.0. The fourth-order valence-corrected chi connectivity index (χ4v) is 2.84. The van der Waals surface area contributed by atoms with Gasteiger partial charge in [-0.3, -0.25) is 9.79 Å². The molecule has 2 heterocycles. The topological polar surface area (TPSA) is 89.4 Å². The predicted octanol–water partition coefficient (Wildman–Crippen LogP) is 2.61. The quantitative estimate of drug-likeness (QED) is 0.622. The molecule has 1 aliphatic heterocycles. The first-order chi connectivity index (χ1) is 13.7. The van der Waals surface area contributed by atoms with Gasteiger partial charge in [0, 0.05) is 24.9 Å². The molecule has 1 aromatic carbocycles. The SMILES string of the molecule is C=CC=N/C=C(\N)c1nnc2n1CCN(C(=O)c1ccc(F)c(C(F)(F)F)c1)C2. The van der Waals surface area contributed by atoms with E-state index in [1.807, 2.05) is 0 Å². The minimum atomic E-state index is -4.89. The lowest BCUT2D eigenvalue weighted by Gasteiger charge is -2.28. The van der Waals surface area contributed by atoms with Gasteiger partial charge in [0.25, 0.3) is 5.91 Å². The molecular weight excluding hydrogens is 392 g/mol. The Kier molecular flexibility index (Phi) is 5.48.